The van der Waals surface area contributed by atoms with Gasteiger partial charge in [-0.2, -0.15) is 0 Å². The molecule has 1 heterocycles. The molecule has 4 nitrogen and oxygen atoms in total. The van der Waals surface area contributed by atoms with Crippen molar-refractivity contribution in [3.63, 3.8) is 0 Å². The van der Waals surface area contributed by atoms with E-state index in [2.05, 4.69) is 10.2 Å². The van der Waals surface area contributed by atoms with E-state index in [1.807, 2.05) is 0 Å². The van der Waals surface area contributed by atoms with Crippen molar-refractivity contribution in [1.82, 2.24) is 10.2 Å². The second kappa shape index (κ2) is 8.53. The molecule has 1 amide bonds. The van der Waals surface area contributed by atoms with Gasteiger partial charge in [0.25, 0.3) is 0 Å². The average molecular weight is 228 g/mol. The predicted octanol–water partition coefficient (Wildman–Crippen LogP) is 0.607. The molecule has 94 valence electrons. The summed E-state index contributed by atoms with van der Waals surface area (Å²) in [6, 6.07) is 0. The van der Waals surface area contributed by atoms with Gasteiger partial charge in [-0.3, -0.25) is 4.79 Å². The fourth-order valence-electron chi connectivity index (χ4n) is 2.34. The number of carbonyl (C=O) groups is 1. The summed E-state index contributed by atoms with van der Waals surface area (Å²) in [6.07, 6.45) is 6.54. The maximum Gasteiger partial charge on any atom is 0.207 e. The quantitative estimate of drug-likeness (QED) is 0.473. The molecule has 1 saturated heterocycles. The Balaban J connectivity index is 2.00. The van der Waals surface area contributed by atoms with E-state index in [1.165, 1.54) is 32.4 Å². The van der Waals surface area contributed by atoms with E-state index in [1.54, 1.807) is 0 Å². The SMILES string of the molecule is O=CNCCCC1CCN(CCCO)CC1. The van der Waals surface area contributed by atoms with E-state index >= 15 is 0 Å². The summed E-state index contributed by atoms with van der Waals surface area (Å²) in [5, 5.41) is 11.5. The smallest absolute Gasteiger partial charge is 0.207 e. The summed E-state index contributed by atoms with van der Waals surface area (Å²) in [7, 11) is 0. The van der Waals surface area contributed by atoms with Crippen LogP contribution in [0, 0.1) is 5.92 Å². The molecule has 0 aliphatic carbocycles. The highest BCUT2D eigenvalue weighted by Gasteiger charge is 2.17. The van der Waals surface area contributed by atoms with Gasteiger partial charge >= 0.3 is 0 Å². The molecule has 0 bridgehead atoms. The molecular weight excluding hydrogens is 204 g/mol. The largest absolute Gasteiger partial charge is 0.396 e. The zero-order valence-electron chi connectivity index (χ0n) is 10.0. The van der Waals surface area contributed by atoms with Crippen molar-refractivity contribution in [2.45, 2.75) is 32.1 Å². The van der Waals surface area contributed by atoms with Crippen LogP contribution in [0.1, 0.15) is 32.1 Å². The fourth-order valence-corrected chi connectivity index (χ4v) is 2.34. The second-order valence-electron chi connectivity index (χ2n) is 4.58. The summed E-state index contributed by atoms with van der Waals surface area (Å²) >= 11 is 0. The molecule has 0 unspecified atom stereocenters. The van der Waals surface area contributed by atoms with Crippen LogP contribution >= 0.6 is 0 Å². The zero-order valence-corrected chi connectivity index (χ0v) is 10.0. The highest BCUT2D eigenvalue weighted by molar-refractivity contribution is 5.45. The first-order valence-electron chi connectivity index (χ1n) is 6.37. The van der Waals surface area contributed by atoms with Crippen LogP contribution in [0.4, 0.5) is 0 Å². The number of carbonyl (C=O) groups excluding carboxylic acids is 1. The molecule has 4 heteroatoms. The standard InChI is InChI=1S/C12H24N2O2/c15-10-2-7-14-8-4-12(5-9-14)3-1-6-13-11-16/h11-12,15H,1-10H2,(H,13,16). The molecule has 1 aliphatic heterocycles. The Hall–Kier alpha value is -0.610. The van der Waals surface area contributed by atoms with Gasteiger partial charge in [-0.05, 0) is 51.1 Å². The lowest BCUT2D eigenvalue weighted by Crippen LogP contribution is -2.34. The summed E-state index contributed by atoms with van der Waals surface area (Å²) in [5.74, 6) is 0.832. The molecule has 0 aromatic rings. The Bertz CT molecular complexity index is 180. The number of amides is 1. The van der Waals surface area contributed by atoms with Crippen molar-refractivity contribution in [3.05, 3.63) is 0 Å². The minimum Gasteiger partial charge on any atom is -0.396 e. The molecule has 0 spiro atoms. The number of piperidine rings is 1. The lowest BCUT2D eigenvalue weighted by molar-refractivity contribution is -0.109. The topological polar surface area (TPSA) is 52.6 Å². The maximum atomic E-state index is 10.1. The van der Waals surface area contributed by atoms with E-state index in [0.29, 0.717) is 6.61 Å². The average Bonchev–Trinajstić information content (AvgIpc) is 2.33. The first-order chi connectivity index (χ1) is 7.86. The number of aliphatic hydroxyl groups is 1. The molecule has 0 atom stereocenters. The molecule has 0 saturated carbocycles. The van der Waals surface area contributed by atoms with Gasteiger partial charge in [0, 0.05) is 19.7 Å². The van der Waals surface area contributed by atoms with Gasteiger partial charge in [0.15, 0.2) is 0 Å². The van der Waals surface area contributed by atoms with Gasteiger partial charge in [0.05, 0.1) is 0 Å². The third kappa shape index (κ3) is 5.47. The van der Waals surface area contributed by atoms with Crippen molar-refractivity contribution >= 4 is 6.41 Å². The van der Waals surface area contributed by atoms with Crippen molar-refractivity contribution in [2.24, 2.45) is 5.92 Å². The van der Waals surface area contributed by atoms with E-state index in [9.17, 15) is 4.79 Å². The van der Waals surface area contributed by atoms with Gasteiger partial charge in [0.2, 0.25) is 6.41 Å². The Kier molecular flexibility index (Phi) is 7.17. The van der Waals surface area contributed by atoms with Gasteiger partial charge in [0.1, 0.15) is 0 Å². The predicted molar refractivity (Wildman–Crippen MR) is 64.2 cm³/mol. The minimum atomic E-state index is 0.303. The third-order valence-electron chi connectivity index (χ3n) is 3.36. The van der Waals surface area contributed by atoms with E-state index in [-0.39, 0.29) is 0 Å². The molecule has 2 N–H and O–H groups in total. The Morgan fingerprint density at radius 3 is 2.69 bits per heavy atom. The van der Waals surface area contributed by atoms with Crippen LogP contribution in [0.2, 0.25) is 0 Å². The highest BCUT2D eigenvalue weighted by Crippen LogP contribution is 2.21. The van der Waals surface area contributed by atoms with E-state index < -0.39 is 0 Å². The molecule has 1 rings (SSSR count). The van der Waals surface area contributed by atoms with Crippen LogP contribution in [0.25, 0.3) is 0 Å². The lowest BCUT2D eigenvalue weighted by atomic mass is 9.92. The van der Waals surface area contributed by atoms with E-state index in [0.717, 1.165) is 38.3 Å². The number of hydrogen-bond donors (Lipinski definition) is 2. The monoisotopic (exact) mass is 228 g/mol. The first kappa shape index (κ1) is 13.5. The van der Waals surface area contributed by atoms with Gasteiger partial charge in [-0.15, -0.1) is 0 Å². The lowest BCUT2D eigenvalue weighted by Gasteiger charge is -2.31. The Labute approximate surface area is 98.0 Å². The van der Waals surface area contributed by atoms with Crippen molar-refractivity contribution in [3.8, 4) is 0 Å². The van der Waals surface area contributed by atoms with Crippen molar-refractivity contribution in [1.29, 1.82) is 0 Å². The van der Waals surface area contributed by atoms with Crippen molar-refractivity contribution < 1.29 is 9.90 Å². The summed E-state index contributed by atoms with van der Waals surface area (Å²) in [4.78, 5) is 12.5. The van der Waals surface area contributed by atoms with Crippen LogP contribution in [0.3, 0.4) is 0 Å². The molecule has 1 fully saturated rings. The highest BCUT2D eigenvalue weighted by atomic mass is 16.3. The fraction of sp³-hybridized carbons (Fsp3) is 0.917. The van der Waals surface area contributed by atoms with Gasteiger partial charge in [-0.1, -0.05) is 0 Å². The van der Waals surface area contributed by atoms with Crippen molar-refractivity contribution in [2.75, 3.05) is 32.8 Å². The first-order valence-corrected chi connectivity index (χ1v) is 6.37. The summed E-state index contributed by atoms with van der Waals surface area (Å²) < 4.78 is 0. The van der Waals surface area contributed by atoms with Crippen LogP contribution < -0.4 is 5.32 Å². The Morgan fingerprint density at radius 2 is 2.06 bits per heavy atom. The third-order valence-corrected chi connectivity index (χ3v) is 3.36. The van der Waals surface area contributed by atoms with Crippen LogP contribution in [-0.2, 0) is 4.79 Å². The number of nitrogens with one attached hydrogen (secondary N) is 1. The molecule has 0 aromatic heterocycles. The zero-order chi connectivity index (χ0) is 11.6. The number of nitrogens with zero attached hydrogens (tertiary/aromatic N) is 1. The maximum absolute atomic E-state index is 10.1. The van der Waals surface area contributed by atoms with Gasteiger partial charge < -0.3 is 15.3 Å². The van der Waals surface area contributed by atoms with E-state index in [4.69, 9.17) is 5.11 Å². The van der Waals surface area contributed by atoms with Crippen LogP contribution in [-0.4, -0.2) is 49.2 Å². The number of aliphatic hydroxyl groups excluding tert-OH is 1. The number of likely N-dealkylation sites (tertiary alicyclic amines) is 1. The summed E-state index contributed by atoms with van der Waals surface area (Å²) in [6.45, 7) is 4.50. The number of rotatable bonds is 8. The van der Waals surface area contributed by atoms with Crippen LogP contribution in [0.5, 0.6) is 0 Å². The molecule has 16 heavy (non-hydrogen) atoms. The normalized spacial score (nSPS) is 18.6. The van der Waals surface area contributed by atoms with Gasteiger partial charge in [-0.25, -0.2) is 0 Å². The summed E-state index contributed by atoms with van der Waals surface area (Å²) in [5.41, 5.74) is 0. The second-order valence-corrected chi connectivity index (χ2v) is 4.58. The Morgan fingerprint density at radius 1 is 1.31 bits per heavy atom. The van der Waals surface area contributed by atoms with Crippen LogP contribution in [0.15, 0.2) is 0 Å². The molecular formula is C12H24N2O2. The molecule has 0 aromatic carbocycles. The molecule has 0 radical (unpaired) electrons. The number of hydrogen-bond acceptors (Lipinski definition) is 3. The molecule has 1 aliphatic rings. The minimum absolute atomic E-state index is 0.303.